The fourth-order valence-electron chi connectivity index (χ4n) is 1.63. The summed E-state index contributed by atoms with van der Waals surface area (Å²) < 4.78 is 16.7. The molecular weight excluding hydrogens is 242 g/mol. The third-order valence-corrected chi connectivity index (χ3v) is 2.67. The first-order valence-corrected chi connectivity index (χ1v) is 6.98. The van der Waals surface area contributed by atoms with Gasteiger partial charge in [0, 0.05) is 13.2 Å². The molecular formula is C15H25NO3. The van der Waals surface area contributed by atoms with Gasteiger partial charge in [0.15, 0.2) is 11.5 Å². The number of hydrogen-bond acceptors (Lipinski definition) is 4. The number of benzene rings is 1. The summed E-state index contributed by atoms with van der Waals surface area (Å²) in [5.74, 6) is 1.50. The van der Waals surface area contributed by atoms with Crippen LogP contribution >= 0.6 is 0 Å². The van der Waals surface area contributed by atoms with Crippen LogP contribution in [-0.2, 0) is 11.3 Å². The van der Waals surface area contributed by atoms with Gasteiger partial charge >= 0.3 is 0 Å². The molecule has 19 heavy (non-hydrogen) atoms. The Balaban J connectivity index is 2.43. The van der Waals surface area contributed by atoms with E-state index >= 15 is 0 Å². The highest BCUT2D eigenvalue weighted by atomic mass is 16.5. The smallest absolute Gasteiger partial charge is 0.161 e. The van der Waals surface area contributed by atoms with Crippen molar-refractivity contribution in [1.29, 1.82) is 0 Å². The van der Waals surface area contributed by atoms with Crippen molar-refractivity contribution in [3.8, 4) is 11.5 Å². The van der Waals surface area contributed by atoms with Crippen molar-refractivity contribution in [2.75, 3.05) is 26.4 Å². The molecule has 4 heteroatoms. The highest BCUT2D eigenvalue weighted by Gasteiger charge is 2.05. The van der Waals surface area contributed by atoms with Crippen molar-refractivity contribution in [2.45, 2.75) is 33.2 Å². The van der Waals surface area contributed by atoms with Gasteiger partial charge in [-0.3, -0.25) is 0 Å². The minimum Gasteiger partial charge on any atom is -0.490 e. The first-order chi connectivity index (χ1) is 9.31. The van der Waals surface area contributed by atoms with Gasteiger partial charge in [0.05, 0.1) is 13.2 Å². The quantitative estimate of drug-likeness (QED) is 0.662. The van der Waals surface area contributed by atoms with Crippen LogP contribution < -0.4 is 15.2 Å². The van der Waals surface area contributed by atoms with Gasteiger partial charge in [0.2, 0.25) is 0 Å². The van der Waals surface area contributed by atoms with Crippen LogP contribution in [0.1, 0.15) is 32.3 Å². The first-order valence-electron chi connectivity index (χ1n) is 6.98. The van der Waals surface area contributed by atoms with Crippen molar-refractivity contribution >= 4 is 0 Å². The minimum absolute atomic E-state index is 0.500. The minimum atomic E-state index is 0.500. The third-order valence-electron chi connectivity index (χ3n) is 2.67. The Morgan fingerprint density at radius 1 is 1.00 bits per heavy atom. The molecule has 0 unspecified atom stereocenters. The molecule has 0 heterocycles. The summed E-state index contributed by atoms with van der Waals surface area (Å²) in [6.45, 7) is 7.14. The zero-order valence-electron chi connectivity index (χ0n) is 12.0. The average molecular weight is 267 g/mol. The Morgan fingerprint density at radius 3 is 2.53 bits per heavy atom. The topological polar surface area (TPSA) is 53.7 Å². The molecule has 4 nitrogen and oxygen atoms in total. The zero-order valence-corrected chi connectivity index (χ0v) is 12.0. The van der Waals surface area contributed by atoms with Crippen LogP contribution in [0.2, 0.25) is 0 Å². The molecule has 0 spiro atoms. The van der Waals surface area contributed by atoms with Gasteiger partial charge in [0.25, 0.3) is 0 Å². The Bertz CT molecular complexity index is 355. The van der Waals surface area contributed by atoms with E-state index in [0.717, 1.165) is 36.5 Å². The summed E-state index contributed by atoms with van der Waals surface area (Å²) in [5.41, 5.74) is 6.65. The van der Waals surface area contributed by atoms with Crippen LogP contribution in [0.25, 0.3) is 0 Å². The Kier molecular flexibility index (Phi) is 8.02. The van der Waals surface area contributed by atoms with E-state index in [9.17, 15) is 0 Å². The number of rotatable bonds is 10. The lowest BCUT2D eigenvalue weighted by atomic mass is 10.2. The van der Waals surface area contributed by atoms with E-state index < -0.39 is 0 Å². The van der Waals surface area contributed by atoms with E-state index in [-0.39, 0.29) is 0 Å². The van der Waals surface area contributed by atoms with Crippen LogP contribution in [0.3, 0.4) is 0 Å². The second-order valence-electron chi connectivity index (χ2n) is 4.23. The first kappa shape index (κ1) is 15.8. The molecule has 0 fully saturated rings. The zero-order chi connectivity index (χ0) is 13.9. The Labute approximate surface area is 115 Å². The molecule has 2 N–H and O–H groups in total. The Morgan fingerprint density at radius 2 is 1.84 bits per heavy atom. The normalized spacial score (nSPS) is 10.5. The molecule has 0 bridgehead atoms. The van der Waals surface area contributed by atoms with E-state index in [0.29, 0.717) is 26.4 Å². The Hall–Kier alpha value is -1.26. The molecule has 1 aromatic rings. The van der Waals surface area contributed by atoms with Crippen LogP contribution in [-0.4, -0.2) is 26.4 Å². The van der Waals surface area contributed by atoms with Crippen molar-refractivity contribution in [1.82, 2.24) is 0 Å². The third kappa shape index (κ3) is 5.94. The molecule has 0 aliphatic rings. The molecule has 0 radical (unpaired) electrons. The maximum absolute atomic E-state index is 5.68. The van der Waals surface area contributed by atoms with Gasteiger partial charge < -0.3 is 19.9 Å². The molecule has 0 aromatic heterocycles. The highest BCUT2D eigenvalue weighted by Crippen LogP contribution is 2.28. The lowest BCUT2D eigenvalue weighted by Gasteiger charge is -2.13. The van der Waals surface area contributed by atoms with E-state index in [4.69, 9.17) is 19.9 Å². The fourth-order valence-corrected chi connectivity index (χ4v) is 1.63. The summed E-state index contributed by atoms with van der Waals surface area (Å²) in [7, 11) is 0. The maximum atomic E-state index is 5.68. The molecule has 0 saturated carbocycles. The molecule has 0 aliphatic heterocycles. The summed E-state index contributed by atoms with van der Waals surface area (Å²) in [6.07, 6.45) is 2.24. The molecule has 0 saturated heterocycles. The SMILES string of the molecule is CCCCOCCOc1ccc(CN)cc1OCC. The molecule has 1 rings (SSSR count). The summed E-state index contributed by atoms with van der Waals surface area (Å²) in [6, 6.07) is 5.78. The van der Waals surface area contributed by atoms with Crippen molar-refractivity contribution in [2.24, 2.45) is 5.73 Å². The summed E-state index contributed by atoms with van der Waals surface area (Å²) in [5, 5.41) is 0. The predicted molar refractivity (Wildman–Crippen MR) is 76.7 cm³/mol. The van der Waals surface area contributed by atoms with Crippen molar-refractivity contribution in [3.05, 3.63) is 23.8 Å². The lowest BCUT2D eigenvalue weighted by Crippen LogP contribution is -2.09. The predicted octanol–water partition coefficient (Wildman–Crippen LogP) is 2.74. The standard InChI is InChI=1S/C15H25NO3/c1-3-5-8-17-9-10-19-14-7-6-13(12-16)11-15(14)18-4-2/h6-7,11H,3-5,8-10,12,16H2,1-2H3. The van der Waals surface area contributed by atoms with E-state index in [1.807, 2.05) is 25.1 Å². The van der Waals surface area contributed by atoms with E-state index in [1.54, 1.807) is 0 Å². The largest absolute Gasteiger partial charge is 0.490 e. The fraction of sp³-hybridized carbons (Fsp3) is 0.600. The van der Waals surface area contributed by atoms with E-state index in [2.05, 4.69) is 6.92 Å². The second kappa shape index (κ2) is 9.64. The number of unbranched alkanes of at least 4 members (excludes halogenated alkanes) is 1. The summed E-state index contributed by atoms with van der Waals surface area (Å²) in [4.78, 5) is 0. The average Bonchev–Trinajstić information content (AvgIpc) is 2.44. The van der Waals surface area contributed by atoms with Gasteiger partial charge in [-0.05, 0) is 31.0 Å². The van der Waals surface area contributed by atoms with Gasteiger partial charge in [-0.15, -0.1) is 0 Å². The van der Waals surface area contributed by atoms with Crippen molar-refractivity contribution in [3.63, 3.8) is 0 Å². The molecule has 1 aromatic carbocycles. The number of ether oxygens (including phenoxy) is 3. The number of nitrogens with two attached hydrogens (primary N) is 1. The van der Waals surface area contributed by atoms with Crippen molar-refractivity contribution < 1.29 is 14.2 Å². The monoisotopic (exact) mass is 267 g/mol. The van der Waals surface area contributed by atoms with Crippen LogP contribution in [0.15, 0.2) is 18.2 Å². The van der Waals surface area contributed by atoms with Crippen LogP contribution in [0.5, 0.6) is 11.5 Å². The second-order valence-corrected chi connectivity index (χ2v) is 4.23. The number of hydrogen-bond donors (Lipinski definition) is 1. The van der Waals surface area contributed by atoms with Crippen LogP contribution in [0, 0.1) is 0 Å². The lowest BCUT2D eigenvalue weighted by molar-refractivity contribution is 0.0967. The van der Waals surface area contributed by atoms with Gasteiger partial charge in [-0.1, -0.05) is 19.4 Å². The van der Waals surface area contributed by atoms with Crippen LogP contribution in [0.4, 0.5) is 0 Å². The summed E-state index contributed by atoms with van der Waals surface area (Å²) >= 11 is 0. The molecule has 0 atom stereocenters. The van der Waals surface area contributed by atoms with Gasteiger partial charge in [-0.25, -0.2) is 0 Å². The highest BCUT2D eigenvalue weighted by molar-refractivity contribution is 5.43. The van der Waals surface area contributed by atoms with Gasteiger partial charge in [-0.2, -0.15) is 0 Å². The maximum Gasteiger partial charge on any atom is 0.161 e. The van der Waals surface area contributed by atoms with E-state index in [1.165, 1.54) is 0 Å². The molecule has 0 aliphatic carbocycles. The molecule has 0 amide bonds. The molecule has 108 valence electrons. The van der Waals surface area contributed by atoms with Gasteiger partial charge in [0.1, 0.15) is 6.61 Å².